The smallest absolute Gasteiger partial charge is 0.308 e. The number of hydrogen-bond acceptors (Lipinski definition) is 3. The Morgan fingerprint density at radius 1 is 1.56 bits per heavy atom. The van der Waals surface area contributed by atoms with Crippen molar-refractivity contribution in [3.05, 3.63) is 23.2 Å². The molecule has 0 aliphatic heterocycles. The highest BCUT2D eigenvalue weighted by Crippen LogP contribution is 2.29. The molecular weight excluding hydrogens is 254 g/mol. The van der Waals surface area contributed by atoms with E-state index in [1.807, 2.05) is 17.9 Å². The van der Waals surface area contributed by atoms with Crippen LogP contribution in [0.25, 0.3) is 0 Å². The SMILES string of the molecule is CCN(CC(C)C(=O)O)c1ccc(OC)c(Cl)c1. The molecule has 5 heteroatoms. The van der Waals surface area contributed by atoms with Crippen molar-refractivity contribution in [3.8, 4) is 5.75 Å². The fourth-order valence-electron chi connectivity index (χ4n) is 1.68. The Hall–Kier alpha value is -1.42. The van der Waals surface area contributed by atoms with Crippen LogP contribution < -0.4 is 9.64 Å². The lowest BCUT2D eigenvalue weighted by Gasteiger charge is -2.25. The van der Waals surface area contributed by atoms with Crippen LogP contribution in [-0.2, 0) is 4.79 Å². The zero-order valence-corrected chi connectivity index (χ0v) is 11.6. The monoisotopic (exact) mass is 271 g/mol. The van der Waals surface area contributed by atoms with Crippen LogP contribution in [0.5, 0.6) is 5.75 Å². The van der Waals surface area contributed by atoms with E-state index >= 15 is 0 Å². The van der Waals surface area contributed by atoms with Gasteiger partial charge in [-0.25, -0.2) is 0 Å². The van der Waals surface area contributed by atoms with Gasteiger partial charge in [0.2, 0.25) is 0 Å². The maximum atomic E-state index is 10.9. The second-order valence-corrected chi connectivity index (χ2v) is 4.50. The van der Waals surface area contributed by atoms with Gasteiger partial charge in [-0.15, -0.1) is 0 Å². The molecule has 0 spiro atoms. The lowest BCUT2D eigenvalue weighted by Crippen LogP contribution is -2.31. The second-order valence-electron chi connectivity index (χ2n) is 4.10. The van der Waals surface area contributed by atoms with Gasteiger partial charge in [0, 0.05) is 18.8 Å². The Morgan fingerprint density at radius 2 is 2.22 bits per heavy atom. The molecule has 0 amide bonds. The van der Waals surface area contributed by atoms with Crippen molar-refractivity contribution in [3.63, 3.8) is 0 Å². The van der Waals surface area contributed by atoms with Crippen molar-refractivity contribution in [2.24, 2.45) is 5.92 Å². The van der Waals surface area contributed by atoms with Gasteiger partial charge < -0.3 is 14.7 Å². The van der Waals surface area contributed by atoms with Crippen molar-refractivity contribution in [1.29, 1.82) is 0 Å². The fraction of sp³-hybridized carbons (Fsp3) is 0.462. The summed E-state index contributed by atoms with van der Waals surface area (Å²) in [5, 5.41) is 9.46. The summed E-state index contributed by atoms with van der Waals surface area (Å²) in [5.41, 5.74) is 0.899. The number of hydrogen-bond donors (Lipinski definition) is 1. The third-order valence-corrected chi connectivity index (χ3v) is 3.09. The van der Waals surface area contributed by atoms with Crippen LogP contribution in [0.15, 0.2) is 18.2 Å². The standard InChI is InChI=1S/C13H18ClNO3/c1-4-15(8-9(2)13(16)17)10-5-6-12(18-3)11(14)7-10/h5-7,9H,4,8H2,1-3H3,(H,16,17). The average molecular weight is 272 g/mol. The number of carbonyl (C=O) groups is 1. The number of rotatable bonds is 6. The van der Waals surface area contributed by atoms with E-state index in [0.717, 1.165) is 12.2 Å². The molecule has 100 valence electrons. The summed E-state index contributed by atoms with van der Waals surface area (Å²) in [5.74, 6) is -0.610. The van der Waals surface area contributed by atoms with Gasteiger partial charge in [-0.1, -0.05) is 18.5 Å². The van der Waals surface area contributed by atoms with Gasteiger partial charge in [-0.3, -0.25) is 4.79 Å². The van der Waals surface area contributed by atoms with E-state index in [-0.39, 0.29) is 0 Å². The Balaban J connectivity index is 2.88. The number of anilines is 1. The van der Waals surface area contributed by atoms with Crippen LogP contribution in [0, 0.1) is 5.92 Å². The Morgan fingerprint density at radius 3 is 2.67 bits per heavy atom. The largest absolute Gasteiger partial charge is 0.495 e. The van der Waals surface area contributed by atoms with Crippen molar-refractivity contribution in [2.75, 3.05) is 25.1 Å². The van der Waals surface area contributed by atoms with E-state index in [4.69, 9.17) is 21.4 Å². The van der Waals surface area contributed by atoms with Crippen LogP contribution in [0.3, 0.4) is 0 Å². The number of aliphatic carboxylic acids is 1. The molecule has 1 unspecified atom stereocenters. The fourth-order valence-corrected chi connectivity index (χ4v) is 1.93. The first-order valence-electron chi connectivity index (χ1n) is 5.80. The minimum absolute atomic E-state index is 0.425. The molecule has 0 saturated heterocycles. The number of halogens is 1. The van der Waals surface area contributed by atoms with Gasteiger partial charge in [0.15, 0.2) is 0 Å². The van der Waals surface area contributed by atoms with Crippen molar-refractivity contribution >= 4 is 23.3 Å². The van der Waals surface area contributed by atoms with Crippen LogP contribution in [0.4, 0.5) is 5.69 Å². The third-order valence-electron chi connectivity index (χ3n) is 2.80. The predicted octanol–water partition coefficient (Wildman–Crippen LogP) is 2.90. The normalized spacial score (nSPS) is 12.0. The van der Waals surface area contributed by atoms with Crippen LogP contribution >= 0.6 is 11.6 Å². The van der Waals surface area contributed by atoms with Crippen molar-refractivity contribution < 1.29 is 14.6 Å². The van der Waals surface area contributed by atoms with Gasteiger partial charge in [0.25, 0.3) is 0 Å². The van der Waals surface area contributed by atoms with Crippen molar-refractivity contribution in [1.82, 2.24) is 0 Å². The Labute approximate surface area is 112 Å². The molecule has 0 saturated carbocycles. The molecule has 0 aromatic heterocycles. The molecule has 1 aromatic rings. The highest BCUT2D eigenvalue weighted by molar-refractivity contribution is 6.32. The lowest BCUT2D eigenvalue weighted by molar-refractivity contribution is -0.140. The summed E-state index contributed by atoms with van der Waals surface area (Å²) in [6.07, 6.45) is 0. The lowest BCUT2D eigenvalue weighted by atomic mass is 10.1. The van der Waals surface area contributed by atoms with E-state index in [1.165, 1.54) is 0 Å². The van der Waals surface area contributed by atoms with E-state index in [9.17, 15) is 4.79 Å². The minimum Gasteiger partial charge on any atom is -0.495 e. The molecule has 0 aliphatic carbocycles. The van der Waals surface area contributed by atoms with Gasteiger partial charge in [0.1, 0.15) is 5.75 Å². The molecular formula is C13H18ClNO3. The number of nitrogens with zero attached hydrogens (tertiary/aromatic N) is 1. The second kappa shape index (κ2) is 6.50. The first kappa shape index (κ1) is 14.6. The Bertz CT molecular complexity index is 423. The van der Waals surface area contributed by atoms with Gasteiger partial charge in [0.05, 0.1) is 18.1 Å². The molecule has 4 nitrogen and oxygen atoms in total. The molecule has 1 aromatic carbocycles. The van der Waals surface area contributed by atoms with E-state index in [0.29, 0.717) is 17.3 Å². The molecule has 18 heavy (non-hydrogen) atoms. The summed E-state index contributed by atoms with van der Waals surface area (Å²) in [6, 6.07) is 5.45. The highest BCUT2D eigenvalue weighted by atomic mass is 35.5. The number of ether oxygens (including phenoxy) is 1. The zero-order valence-electron chi connectivity index (χ0n) is 10.8. The molecule has 0 aliphatic rings. The summed E-state index contributed by atoms with van der Waals surface area (Å²) < 4.78 is 5.09. The first-order valence-corrected chi connectivity index (χ1v) is 6.18. The summed E-state index contributed by atoms with van der Waals surface area (Å²) in [6.45, 7) is 4.84. The van der Waals surface area contributed by atoms with Gasteiger partial charge in [-0.2, -0.15) is 0 Å². The average Bonchev–Trinajstić information content (AvgIpc) is 2.35. The number of benzene rings is 1. The predicted molar refractivity (Wildman–Crippen MR) is 72.7 cm³/mol. The van der Waals surface area contributed by atoms with Crippen molar-refractivity contribution in [2.45, 2.75) is 13.8 Å². The number of carboxylic acid groups (broad SMARTS) is 1. The molecule has 0 fully saturated rings. The van der Waals surface area contributed by atoms with Crippen LogP contribution in [0.1, 0.15) is 13.8 Å². The van der Waals surface area contributed by atoms with Gasteiger partial charge in [-0.05, 0) is 25.1 Å². The third kappa shape index (κ3) is 3.53. The molecule has 0 heterocycles. The number of methoxy groups -OCH3 is 1. The Kier molecular flexibility index (Phi) is 5.28. The molecule has 1 rings (SSSR count). The maximum Gasteiger partial charge on any atom is 0.308 e. The maximum absolute atomic E-state index is 10.9. The zero-order chi connectivity index (χ0) is 13.7. The minimum atomic E-state index is -0.798. The van der Waals surface area contributed by atoms with Gasteiger partial charge >= 0.3 is 5.97 Å². The highest BCUT2D eigenvalue weighted by Gasteiger charge is 2.16. The number of carboxylic acids is 1. The van der Waals surface area contributed by atoms with E-state index in [1.54, 1.807) is 26.2 Å². The molecule has 0 radical (unpaired) electrons. The quantitative estimate of drug-likeness (QED) is 0.864. The summed E-state index contributed by atoms with van der Waals surface area (Å²) >= 11 is 6.06. The molecule has 0 bridgehead atoms. The topological polar surface area (TPSA) is 49.8 Å². The first-order chi connectivity index (χ1) is 8.49. The molecule has 1 atom stereocenters. The van der Waals surface area contributed by atoms with Crippen LogP contribution in [-0.4, -0.2) is 31.3 Å². The summed E-state index contributed by atoms with van der Waals surface area (Å²) in [7, 11) is 1.56. The summed E-state index contributed by atoms with van der Waals surface area (Å²) in [4.78, 5) is 12.9. The van der Waals surface area contributed by atoms with E-state index in [2.05, 4.69) is 0 Å². The van der Waals surface area contributed by atoms with Crippen LogP contribution in [0.2, 0.25) is 5.02 Å². The molecule has 1 N–H and O–H groups in total. The van der Waals surface area contributed by atoms with E-state index < -0.39 is 11.9 Å².